The van der Waals surface area contributed by atoms with Crippen LogP contribution in [0.25, 0.3) is 0 Å². The molecule has 0 aromatic rings. The minimum absolute atomic E-state index is 0.337. The monoisotopic (exact) mass is 354 g/mol. The zero-order chi connectivity index (χ0) is 14.8. The minimum Gasteiger partial charge on any atom is -0.481 e. The third-order valence-electron chi connectivity index (χ3n) is 3.30. The Kier molecular flexibility index (Phi) is 9.53. The van der Waals surface area contributed by atoms with Crippen molar-refractivity contribution in [3.63, 3.8) is 0 Å². The summed E-state index contributed by atoms with van der Waals surface area (Å²) >= 11 is 3.90. The molecule has 0 saturated carbocycles. The topological polar surface area (TPSA) is 37.3 Å². The van der Waals surface area contributed by atoms with E-state index in [0.29, 0.717) is 6.42 Å². The second-order valence-electron chi connectivity index (χ2n) is 6.97. The van der Waals surface area contributed by atoms with Gasteiger partial charge in [0.15, 0.2) is 0 Å². The van der Waals surface area contributed by atoms with Crippen LogP contribution in [0.1, 0.15) is 64.2 Å². The van der Waals surface area contributed by atoms with Crippen molar-refractivity contribution < 1.29 is 9.90 Å². The summed E-state index contributed by atoms with van der Waals surface area (Å²) in [6.45, 7) is 7.13. The van der Waals surface area contributed by atoms with Gasteiger partial charge in [0.05, 0.1) is 0 Å². The number of carbonyl (C=O) groups is 1. The maximum atomic E-state index is 10.3. The van der Waals surface area contributed by atoms with Gasteiger partial charge in [-0.3, -0.25) is 4.79 Å². The number of aliphatic carboxylic acids is 1. The van der Waals surface area contributed by atoms with Crippen LogP contribution in [0.5, 0.6) is 0 Å². The SMILES string of the molecule is CP(C)(C)(Br)CCCCCCCCCCCC(=O)O. The molecule has 2 nitrogen and oxygen atoms in total. The Morgan fingerprint density at radius 1 is 0.842 bits per heavy atom. The summed E-state index contributed by atoms with van der Waals surface area (Å²) in [5, 5.41) is 7.06. The molecule has 0 saturated heterocycles. The average Bonchev–Trinajstić information content (AvgIpc) is 2.23. The average molecular weight is 355 g/mol. The van der Waals surface area contributed by atoms with E-state index in [-0.39, 0.29) is 0 Å². The maximum absolute atomic E-state index is 10.3. The predicted molar refractivity (Wildman–Crippen MR) is 92.3 cm³/mol. The summed E-state index contributed by atoms with van der Waals surface area (Å²) in [6, 6.07) is 0. The zero-order valence-electron chi connectivity index (χ0n) is 13.0. The minimum atomic E-state index is -1.45. The summed E-state index contributed by atoms with van der Waals surface area (Å²) in [6.07, 6.45) is 12.8. The molecular weight excluding hydrogens is 323 g/mol. The number of halogens is 1. The zero-order valence-corrected chi connectivity index (χ0v) is 15.4. The first-order valence-corrected chi connectivity index (χ1v) is 13.4. The molecule has 116 valence electrons. The van der Waals surface area contributed by atoms with E-state index >= 15 is 0 Å². The molecule has 0 fully saturated rings. The Balaban J connectivity index is 3.18. The summed E-state index contributed by atoms with van der Waals surface area (Å²) in [5.74, 6) is -0.660. The van der Waals surface area contributed by atoms with Crippen molar-refractivity contribution >= 4 is 26.8 Å². The van der Waals surface area contributed by atoms with Crippen LogP contribution in [0.15, 0.2) is 0 Å². The molecular formula is C15H32BrO2P. The molecule has 0 aromatic carbocycles. The second-order valence-corrected chi connectivity index (χ2v) is 21.1. The van der Waals surface area contributed by atoms with Gasteiger partial charge in [-0.1, -0.05) is 0 Å². The molecule has 4 heteroatoms. The van der Waals surface area contributed by atoms with E-state index in [1.54, 1.807) is 0 Å². The van der Waals surface area contributed by atoms with Gasteiger partial charge in [-0.2, -0.15) is 0 Å². The standard InChI is InChI=1S/C15H32BrO2P/c1-19(2,3,16)14-12-10-8-6-4-5-7-9-11-13-15(17)18/h4-14H2,1-3H3,(H,17,18). The van der Waals surface area contributed by atoms with Gasteiger partial charge >= 0.3 is 117 Å². The van der Waals surface area contributed by atoms with Crippen molar-refractivity contribution in [2.24, 2.45) is 0 Å². The number of hydrogen-bond acceptors (Lipinski definition) is 1. The first-order valence-electron chi connectivity index (χ1n) is 7.61. The molecule has 0 aliphatic rings. The molecule has 0 aromatic heterocycles. The fourth-order valence-electron chi connectivity index (χ4n) is 2.16. The van der Waals surface area contributed by atoms with E-state index in [0.717, 1.165) is 12.8 Å². The molecule has 0 rings (SSSR count). The van der Waals surface area contributed by atoms with E-state index in [9.17, 15) is 4.79 Å². The number of carboxylic acids is 1. The number of unbranched alkanes of at least 4 members (excludes halogenated alkanes) is 8. The quantitative estimate of drug-likeness (QED) is 0.359. The summed E-state index contributed by atoms with van der Waals surface area (Å²) in [4.78, 5) is 10.3. The summed E-state index contributed by atoms with van der Waals surface area (Å²) in [5.41, 5.74) is 0. The molecule has 0 aliphatic heterocycles. The third kappa shape index (κ3) is 18.4. The molecule has 0 radical (unpaired) electrons. The van der Waals surface area contributed by atoms with Crippen molar-refractivity contribution in [3.05, 3.63) is 0 Å². The molecule has 1 N–H and O–H groups in total. The second kappa shape index (κ2) is 9.34. The van der Waals surface area contributed by atoms with E-state index < -0.39 is 11.3 Å². The van der Waals surface area contributed by atoms with E-state index in [1.165, 1.54) is 51.1 Å². The van der Waals surface area contributed by atoms with Crippen LogP contribution in [0.4, 0.5) is 0 Å². The van der Waals surface area contributed by atoms with Gasteiger partial charge in [-0.25, -0.2) is 0 Å². The van der Waals surface area contributed by atoms with Crippen LogP contribution in [0, 0.1) is 0 Å². The van der Waals surface area contributed by atoms with E-state index in [2.05, 4.69) is 35.5 Å². The van der Waals surface area contributed by atoms with Gasteiger partial charge < -0.3 is 5.11 Å². The third-order valence-corrected chi connectivity index (χ3v) is 6.19. The van der Waals surface area contributed by atoms with Crippen LogP contribution in [-0.4, -0.2) is 37.2 Å². The Labute approximate surface area is 127 Å². The normalized spacial score (nSPS) is 14.0. The fraction of sp³-hybridized carbons (Fsp3) is 0.933. The molecule has 19 heavy (non-hydrogen) atoms. The van der Waals surface area contributed by atoms with Crippen LogP contribution in [0.3, 0.4) is 0 Å². The van der Waals surface area contributed by atoms with Crippen molar-refractivity contribution in [1.29, 1.82) is 0 Å². The van der Waals surface area contributed by atoms with Crippen molar-refractivity contribution in [2.75, 3.05) is 26.2 Å². The van der Waals surface area contributed by atoms with Crippen molar-refractivity contribution in [1.82, 2.24) is 0 Å². The summed E-state index contributed by atoms with van der Waals surface area (Å²) < 4.78 is 0. The van der Waals surface area contributed by atoms with E-state index in [1.807, 2.05) is 0 Å². The molecule has 0 aliphatic carbocycles. The smallest absolute Gasteiger partial charge is 0.481 e. The van der Waals surface area contributed by atoms with Crippen LogP contribution in [0.2, 0.25) is 0 Å². The predicted octanol–water partition coefficient (Wildman–Crippen LogP) is 5.72. The first-order chi connectivity index (χ1) is 8.67. The van der Waals surface area contributed by atoms with Crippen molar-refractivity contribution in [3.8, 4) is 0 Å². The molecule has 0 unspecified atom stereocenters. The van der Waals surface area contributed by atoms with Crippen molar-refractivity contribution in [2.45, 2.75) is 64.2 Å². The fourth-order valence-corrected chi connectivity index (χ4v) is 4.20. The molecule has 0 amide bonds. The van der Waals surface area contributed by atoms with Crippen LogP contribution < -0.4 is 0 Å². The number of hydrogen-bond donors (Lipinski definition) is 1. The molecule has 0 heterocycles. The van der Waals surface area contributed by atoms with Gasteiger partial charge in [0.25, 0.3) is 0 Å². The summed E-state index contributed by atoms with van der Waals surface area (Å²) in [7, 11) is 0. The molecule has 0 bridgehead atoms. The van der Waals surface area contributed by atoms with Gasteiger partial charge in [-0.15, -0.1) is 0 Å². The van der Waals surface area contributed by atoms with Crippen LogP contribution in [-0.2, 0) is 4.79 Å². The van der Waals surface area contributed by atoms with Gasteiger partial charge in [-0.05, 0) is 0 Å². The first kappa shape index (κ1) is 19.4. The van der Waals surface area contributed by atoms with Gasteiger partial charge in [0, 0.05) is 0 Å². The Morgan fingerprint density at radius 3 is 1.58 bits per heavy atom. The Hall–Kier alpha value is 0.380. The van der Waals surface area contributed by atoms with Gasteiger partial charge in [0.2, 0.25) is 0 Å². The molecule has 0 spiro atoms. The Morgan fingerprint density at radius 2 is 1.21 bits per heavy atom. The van der Waals surface area contributed by atoms with E-state index in [4.69, 9.17) is 5.11 Å². The molecule has 0 atom stereocenters. The number of carboxylic acid groups (broad SMARTS) is 1. The Bertz CT molecular complexity index is 249. The van der Waals surface area contributed by atoms with Gasteiger partial charge in [0.1, 0.15) is 0 Å². The van der Waals surface area contributed by atoms with Crippen LogP contribution >= 0.6 is 20.8 Å². The number of rotatable bonds is 12.